The molecule has 0 saturated carbocycles. The Bertz CT molecular complexity index is 1400. The van der Waals surface area contributed by atoms with Crippen LogP contribution in [-0.2, 0) is 0 Å². The van der Waals surface area contributed by atoms with E-state index < -0.39 is 0 Å². The summed E-state index contributed by atoms with van der Waals surface area (Å²) in [7, 11) is 1.65. The Kier molecular flexibility index (Phi) is 5.73. The maximum atomic E-state index is 13.5. The van der Waals surface area contributed by atoms with E-state index in [-0.39, 0.29) is 17.3 Å². The van der Waals surface area contributed by atoms with E-state index in [0.29, 0.717) is 52.5 Å². The zero-order valence-corrected chi connectivity index (χ0v) is 20.1. The highest BCUT2D eigenvalue weighted by Crippen LogP contribution is 2.43. The summed E-state index contributed by atoms with van der Waals surface area (Å²) in [6.07, 6.45) is 0. The lowest BCUT2D eigenvalue weighted by molar-refractivity contribution is 0.0752. The van der Waals surface area contributed by atoms with E-state index in [0.717, 1.165) is 17.0 Å². The predicted molar refractivity (Wildman–Crippen MR) is 138 cm³/mol. The molecule has 1 aromatic carbocycles. The first-order valence-electron chi connectivity index (χ1n) is 10.6. The fraction of sp³-hybridized carbons (Fsp3) is 0.208. The van der Waals surface area contributed by atoms with Crippen LogP contribution in [0.5, 0.6) is 5.75 Å². The first-order chi connectivity index (χ1) is 16.5. The molecule has 1 aliphatic heterocycles. The van der Waals surface area contributed by atoms with Crippen LogP contribution >= 0.6 is 22.7 Å². The van der Waals surface area contributed by atoms with Gasteiger partial charge in [0.25, 0.3) is 5.91 Å². The van der Waals surface area contributed by atoms with Gasteiger partial charge in [-0.3, -0.25) is 4.79 Å². The van der Waals surface area contributed by atoms with E-state index in [9.17, 15) is 10.1 Å². The third-order valence-electron chi connectivity index (χ3n) is 6.03. The van der Waals surface area contributed by atoms with E-state index in [1.165, 1.54) is 22.7 Å². The second-order valence-electron chi connectivity index (χ2n) is 7.87. The smallest absolute Gasteiger partial charge is 0.266 e. The van der Waals surface area contributed by atoms with Crippen LogP contribution in [0.25, 0.3) is 21.3 Å². The lowest BCUT2D eigenvalue weighted by atomic mass is 9.99. The van der Waals surface area contributed by atoms with Gasteiger partial charge in [-0.05, 0) is 46.7 Å². The summed E-state index contributed by atoms with van der Waals surface area (Å²) in [5.74, 6) is 0.834. The number of hydrogen-bond acceptors (Lipinski definition) is 9. The van der Waals surface area contributed by atoms with Crippen LogP contribution in [0.4, 0.5) is 17.2 Å². The molecule has 3 aromatic heterocycles. The van der Waals surface area contributed by atoms with E-state index >= 15 is 0 Å². The molecule has 5 rings (SSSR count). The van der Waals surface area contributed by atoms with Gasteiger partial charge >= 0.3 is 0 Å². The fourth-order valence-corrected chi connectivity index (χ4v) is 5.97. The van der Waals surface area contributed by atoms with Crippen LogP contribution < -0.4 is 21.1 Å². The molecule has 34 heavy (non-hydrogen) atoms. The number of thiophene rings is 2. The summed E-state index contributed by atoms with van der Waals surface area (Å²) in [4.78, 5) is 22.9. The fourth-order valence-electron chi connectivity index (χ4n) is 4.24. The number of nitrogen functional groups attached to an aromatic ring is 2. The van der Waals surface area contributed by atoms with Crippen molar-refractivity contribution in [2.45, 2.75) is 0 Å². The second-order valence-corrected chi connectivity index (χ2v) is 9.65. The summed E-state index contributed by atoms with van der Waals surface area (Å²) in [6, 6.07) is 12.0. The predicted octanol–water partition coefficient (Wildman–Crippen LogP) is 4.03. The molecule has 1 aliphatic rings. The van der Waals surface area contributed by atoms with Crippen molar-refractivity contribution in [3.05, 3.63) is 51.5 Å². The number of hydrogen-bond donors (Lipinski definition) is 2. The highest BCUT2D eigenvalue weighted by atomic mass is 32.1. The Morgan fingerprint density at radius 3 is 2.50 bits per heavy atom. The van der Waals surface area contributed by atoms with Gasteiger partial charge in [-0.15, -0.1) is 11.3 Å². The topological polar surface area (TPSA) is 121 Å². The Hall–Kier alpha value is -3.81. The van der Waals surface area contributed by atoms with Crippen molar-refractivity contribution in [1.82, 2.24) is 9.88 Å². The highest BCUT2D eigenvalue weighted by molar-refractivity contribution is 7.21. The van der Waals surface area contributed by atoms with E-state index in [1.807, 2.05) is 46.0 Å². The van der Waals surface area contributed by atoms with Crippen LogP contribution in [0.2, 0.25) is 0 Å². The van der Waals surface area contributed by atoms with Gasteiger partial charge in [0.05, 0.1) is 12.8 Å². The number of carbonyl (C=O) groups is 1. The molecule has 1 amide bonds. The standard InChI is InChI=1S/C24H22N6O2S2/c1-32-16-4-2-15(3-5-16)29-7-9-30(10-8-29)24(31)21-20(26)19-18(14-6-11-33-13-14)17(12-25)22(27)28-23(19)34-21/h2-6,11,13H,7-10,26H2,1H3,(H2,27,28). The van der Waals surface area contributed by atoms with E-state index in [2.05, 4.69) is 16.0 Å². The summed E-state index contributed by atoms with van der Waals surface area (Å²) in [5.41, 5.74) is 15.8. The number of pyridine rings is 1. The van der Waals surface area contributed by atoms with Gasteiger partial charge in [-0.2, -0.15) is 16.6 Å². The molecule has 8 nitrogen and oxygen atoms in total. The molecule has 0 spiro atoms. The minimum Gasteiger partial charge on any atom is -0.497 e. The van der Waals surface area contributed by atoms with Crippen molar-refractivity contribution < 1.29 is 9.53 Å². The Balaban J connectivity index is 1.44. The first-order valence-corrected chi connectivity index (χ1v) is 12.4. The number of nitriles is 1. The molecule has 4 N–H and O–H groups in total. The number of nitrogens with two attached hydrogens (primary N) is 2. The van der Waals surface area contributed by atoms with Gasteiger partial charge in [0.15, 0.2) is 0 Å². The van der Waals surface area contributed by atoms with Crippen molar-refractivity contribution in [2.75, 3.05) is 49.7 Å². The molecule has 1 saturated heterocycles. The van der Waals surface area contributed by atoms with Crippen LogP contribution in [0.1, 0.15) is 15.2 Å². The SMILES string of the molecule is COc1ccc(N2CCN(C(=O)c3sc4nc(N)c(C#N)c(-c5ccsc5)c4c3N)CC2)cc1. The highest BCUT2D eigenvalue weighted by Gasteiger charge is 2.29. The van der Waals surface area contributed by atoms with Crippen molar-refractivity contribution in [3.8, 4) is 22.9 Å². The summed E-state index contributed by atoms with van der Waals surface area (Å²) in [6.45, 7) is 2.59. The van der Waals surface area contributed by atoms with Gasteiger partial charge in [0.1, 0.15) is 32.9 Å². The average molecular weight is 491 g/mol. The number of ether oxygens (including phenoxy) is 1. The third-order valence-corrected chi connectivity index (χ3v) is 7.80. The number of fused-ring (bicyclic) bond motifs is 1. The van der Waals surface area contributed by atoms with Crippen LogP contribution in [0.3, 0.4) is 0 Å². The number of aromatic nitrogens is 1. The third kappa shape index (κ3) is 3.69. The number of anilines is 3. The zero-order chi connectivity index (χ0) is 23.8. The van der Waals surface area contributed by atoms with Crippen LogP contribution in [0, 0.1) is 11.3 Å². The monoisotopic (exact) mass is 490 g/mol. The Morgan fingerprint density at radius 2 is 1.88 bits per heavy atom. The normalized spacial score (nSPS) is 13.8. The molecular weight excluding hydrogens is 468 g/mol. The van der Waals surface area contributed by atoms with Gasteiger partial charge < -0.3 is 26.0 Å². The number of nitrogens with zero attached hydrogens (tertiary/aromatic N) is 4. The molecule has 0 bridgehead atoms. The van der Waals surface area contributed by atoms with E-state index in [4.69, 9.17) is 16.2 Å². The second kappa shape index (κ2) is 8.85. The molecule has 172 valence electrons. The number of carbonyl (C=O) groups excluding carboxylic acids is 1. The molecular formula is C24H22N6O2S2. The van der Waals surface area contributed by atoms with Crippen molar-refractivity contribution in [2.24, 2.45) is 0 Å². The number of benzene rings is 1. The Morgan fingerprint density at radius 1 is 1.15 bits per heavy atom. The lowest BCUT2D eigenvalue weighted by Gasteiger charge is -2.36. The summed E-state index contributed by atoms with van der Waals surface area (Å²) in [5, 5.41) is 14.2. The lowest BCUT2D eigenvalue weighted by Crippen LogP contribution is -2.48. The first kappa shape index (κ1) is 22.0. The number of rotatable bonds is 4. The molecule has 0 unspecified atom stereocenters. The van der Waals surface area contributed by atoms with Crippen molar-refractivity contribution in [3.63, 3.8) is 0 Å². The average Bonchev–Trinajstić information content (AvgIpc) is 3.51. The van der Waals surface area contributed by atoms with Gasteiger partial charge in [0.2, 0.25) is 0 Å². The number of amides is 1. The van der Waals surface area contributed by atoms with Gasteiger partial charge in [-0.25, -0.2) is 4.98 Å². The maximum absolute atomic E-state index is 13.5. The van der Waals surface area contributed by atoms with Crippen LogP contribution in [0.15, 0.2) is 41.1 Å². The summed E-state index contributed by atoms with van der Waals surface area (Å²) < 4.78 is 5.23. The molecule has 0 atom stereocenters. The minimum absolute atomic E-state index is 0.122. The molecule has 10 heteroatoms. The minimum atomic E-state index is -0.122. The molecule has 4 heterocycles. The molecule has 4 aromatic rings. The van der Waals surface area contributed by atoms with Gasteiger partial charge in [-0.1, -0.05) is 0 Å². The quantitative estimate of drug-likeness (QED) is 0.443. The number of piperazine rings is 1. The van der Waals surface area contributed by atoms with E-state index in [1.54, 1.807) is 7.11 Å². The summed E-state index contributed by atoms with van der Waals surface area (Å²) >= 11 is 2.75. The molecule has 0 radical (unpaired) electrons. The van der Waals surface area contributed by atoms with Crippen molar-refractivity contribution in [1.29, 1.82) is 5.26 Å². The van der Waals surface area contributed by atoms with Crippen molar-refractivity contribution >= 4 is 56.0 Å². The number of methoxy groups -OCH3 is 1. The Labute approximate surface area is 204 Å². The van der Waals surface area contributed by atoms with Gasteiger partial charge in [0, 0.05) is 42.8 Å². The molecule has 0 aliphatic carbocycles. The van der Waals surface area contributed by atoms with Crippen LogP contribution in [-0.4, -0.2) is 49.1 Å². The molecule has 1 fully saturated rings. The largest absolute Gasteiger partial charge is 0.497 e. The zero-order valence-electron chi connectivity index (χ0n) is 18.4. The maximum Gasteiger partial charge on any atom is 0.266 e.